The molecule has 1 amide bonds. The van der Waals surface area contributed by atoms with E-state index in [1.165, 1.54) is 4.90 Å². The summed E-state index contributed by atoms with van der Waals surface area (Å²) in [7, 11) is 1.76. The largest absolute Gasteiger partial charge is 0.348 e. The summed E-state index contributed by atoms with van der Waals surface area (Å²) in [6, 6.07) is 8.41. The number of ketones is 2. The van der Waals surface area contributed by atoms with E-state index in [4.69, 9.17) is 0 Å². The van der Waals surface area contributed by atoms with Crippen LogP contribution in [0.4, 0.5) is 5.69 Å². The number of nitrogens with zero attached hydrogens (tertiary/aromatic N) is 2. The van der Waals surface area contributed by atoms with Gasteiger partial charge in [-0.2, -0.15) is 0 Å². The lowest BCUT2D eigenvalue weighted by atomic mass is 10.1. The molecule has 1 aliphatic heterocycles. The zero-order valence-corrected chi connectivity index (χ0v) is 12.8. The molecule has 0 saturated heterocycles. The second-order valence-electron chi connectivity index (χ2n) is 4.81. The van der Waals surface area contributed by atoms with Gasteiger partial charge >= 0.3 is 0 Å². The monoisotopic (exact) mass is 346 g/mol. The molecule has 1 aromatic heterocycles. The standard InChI is InChI=1S/C15H11BrN2O3/c1-17-6-2-3-11(17)13(19)8-18-12-7-9(16)4-5-10(12)14(20)15(18)21/h2-7H,8H2,1H3. The molecule has 0 atom stereocenters. The second-order valence-corrected chi connectivity index (χ2v) is 5.73. The third kappa shape index (κ3) is 2.21. The second kappa shape index (κ2) is 4.96. The van der Waals surface area contributed by atoms with E-state index in [9.17, 15) is 14.4 Å². The molecule has 0 bridgehead atoms. The van der Waals surface area contributed by atoms with Crippen LogP contribution >= 0.6 is 15.9 Å². The van der Waals surface area contributed by atoms with Crippen molar-refractivity contribution in [1.82, 2.24) is 4.57 Å². The number of carbonyl (C=O) groups is 3. The van der Waals surface area contributed by atoms with Crippen LogP contribution in [0.3, 0.4) is 0 Å². The van der Waals surface area contributed by atoms with Gasteiger partial charge in [0.1, 0.15) is 0 Å². The van der Waals surface area contributed by atoms with Gasteiger partial charge in [0.15, 0.2) is 5.78 Å². The Balaban J connectivity index is 1.95. The van der Waals surface area contributed by atoms with E-state index in [0.29, 0.717) is 16.9 Å². The predicted octanol–water partition coefficient (Wildman–Crippen LogP) is 2.20. The van der Waals surface area contributed by atoms with E-state index in [1.807, 2.05) is 0 Å². The summed E-state index contributed by atoms with van der Waals surface area (Å²) in [5.74, 6) is -1.45. The zero-order valence-electron chi connectivity index (χ0n) is 11.2. The van der Waals surface area contributed by atoms with Crippen LogP contribution in [0.25, 0.3) is 0 Å². The van der Waals surface area contributed by atoms with Gasteiger partial charge in [-0.05, 0) is 30.3 Å². The highest BCUT2D eigenvalue weighted by Gasteiger charge is 2.37. The van der Waals surface area contributed by atoms with Crippen molar-refractivity contribution < 1.29 is 14.4 Å². The number of rotatable bonds is 3. The van der Waals surface area contributed by atoms with Crippen molar-refractivity contribution in [2.24, 2.45) is 7.05 Å². The summed E-state index contributed by atoms with van der Waals surface area (Å²) < 4.78 is 2.44. The first-order chi connectivity index (χ1) is 9.99. The van der Waals surface area contributed by atoms with Crippen molar-refractivity contribution in [2.75, 3.05) is 11.4 Å². The Morgan fingerprint density at radius 1 is 1.24 bits per heavy atom. The Kier molecular flexibility index (Phi) is 3.25. The number of hydrogen-bond acceptors (Lipinski definition) is 3. The number of aromatic nitrogens is 1. The Morgan fingerprint density at radius 2 is 2.00 bits per heavy atom. The van der Waals surface area contributed by atoms with E-state index >= 15 is 0 Å². The molecule has 0 radical (unpaired) electrons. The molecule has 3 rings (SSSR count). The molecular weight excluding hydrogens is 336 g/mol. The normalized spacial score (nSPS) is 13.7. The van der Waals surface area contributed by atoms with Crippen LogP contribution in [0.2, 0.25) is 0 Å². The SMILES string of the molecule is Cn1cccc1C(=O)CN1C(=O)C(=O)c2ccc(Br)cc21. The fraction of sp³-hybridized carbons (Fsp3) is 0.133. The van der Waals surface area contributed by atoms with E-state index in [2.05, 4.69) is 15.9 Å². The number of carbonyl (C=O) groups excluding carboxylic acids is 3. The highest BCUT2D eigenvalue weighted by molar-refractivity contribution is 9.10. The molecule has 6 heteroatoms. The van der Waals surface area contributed by atoms with Gasteiger partial charge in [0, 0.05) is 17.7 Å². The first kappa shape index (κ1) is 13.8. The van der Waals surface area contributed by atoms with Gasteiger partial charge in [-0.1, -0.05) is 15.9 Å². The van der Waals surface area contributed by atoms with Gasteiger partial charge in [0.05, 0.1) is 23.5 Å². The molecule has 2 heterocycles. The molecule has 0 aliphatic carbocycles. The third-order valence-corrected chi connectivity index (χ3v) is 3.96. The molecule has 0 unspecified atom stereocenters. The van der Waals surface area contributed by atoms with Crippen molar-refractivity contribution >= 4 is 39.1 Å². The maximum Gasteiger partial charge on any atom is 0.299 e. The average molecular weight is 347 g/mol. The van der Waals surface area contributed by atoms with E-state index in [0.717, 1.165) is 4.47 Å². The molecule has 0 spiro atoms. The Hall–Kier alpha value is -2.21. The highest BCUT2D eigenvalue weighted by atomic mass is 79.9. The first-order valence-electron chi connectivity index (χ1n) is 6.29. The smallest absolute Gasteiger partial charge is 0.299 e. The number of fused-ring (bicyclic) bond motifs is 1. The predicted molar refractivity (Wildman–Crippen MR) is 80.6 cm³/mol. The number of amides is 1. The van der Waals surface area contributed by atoms with Gasteiger partial charge < -0.3 is 4.57 Å². The summed E-state index contributed by atoms with van der Waals surface area (Å²) in [5.41, 5.74) is 1.31. The lowest BCUT2D eigenvalue weighted by Crippen LogP contribution is -2.35. The van der Waals surface area contributed by atoms with Gasteiger partial charge in [-0.15, -0.1) is 0 Å². The quantitative estimate of drug-likeness (QED) is 0.632. The van der Waals surface area contributed by atoms with Gasteiger partial charge in [0.2, 0.25) is 0 Å². The molecule has 1 aromatic carbocycles. The van der Waals surface area contributed by atoms with Crippen LogP contribution in [0, 0.1) is 0 Å². The number of benzene rings is 1. The summed E-state index contributed by atoms with van der Waals surface area (Å²) in [6.45, 7) is -0.147. The Bertz CT molecular complexity index is 779. The summed E-state index contributed by atoms with van der Waals surface area (Å²) in [4.78, 5) is 37.5. The van der Waals surface area contributed by atoms with Crippen molar-refractivity contribution in [1.29, 1.82) is 0 Å². The van der Waals surface area contributed by atoms with E-state index in [1.54, 1.807) is 48.1 Å². The highest BCUT2D eigenvalue weighted by Crippen LogP contribution is 2.31. The van der Waals surface area contributed by atoms with Crippen LogP contribution in [-0.4, -0.2) is 28.6 Å². The van der Waals surface area contributed by atoms with Gasteiger partial charge in [-0.3, -0.25) is 19.3 Å². The molecule has 1 aliphatic rings. The van der Waals surface area contributed by atoms with Crippen molar-refractivity contribution in [3.63, 3.8) is 0 Å². The molecule has 0 saturated carbocycles. The van der Waals surface area contributed by atoms with Crippen LogP contribution in [-0.2, 0) is 11.8 Å². The molecule has 5 nitrogen and oxygen atoms in total. The number of anilines is 1. The van der Waals surface area contributed by atoms with Crippen LogP contribution in [0.15, 0.2) is 41.0 Å². The van der Waals surface area contributed by atoms with Crippen LogP contribution in [0.5, 0.6) is 0 Å². The maximum atomic E-state index is 12.3. The molecule has 21 heavy (non-hydrogen) atoms. The number of hydrogen-bond donors (Lipinski definition) is 0. The zero-order chi connectivity index (χ0) is 15.1. The van der Waals surface area contributed by atoms with E-state index < -0.39 is 11.7 Å². The Labute approximate surface area is 129 Å². The molecule has 106 valence electrons. The number of Topliss-reactive ketones (excluding diaryl/α,β-unsaturated/α-hetero) is 2. The van der Waals surface area contributed by atoms with Crippen LogP contribution < -0.4 is 4.90 Å². The molecule has 0 fully saturated rings. The maximum absolute atomic E-state index is 12.3. The Morgan fingerprint density at radius 3 is 2.67 bits per heavy atom. The average Bonchev–Trinajstić information content (AvgIpc) is 2.97. The van der Waals surface area contributed by atoms with Crippen molar-refractivity contribution in [2.45, 2.75) is 0 Å². The molecule has 2 aromatic rings. The molecule has 0 N–H and O–H groups in total. The number of aryl methyl sites for hydroxylation is 1. The lowest BCUT2D eigenvalue weighted by Gasteiger charge is -2.16. The number of halogens is 1. The fourth-order valence-electron chi connectivity index (χ4n) is 2.40. The third-order valence-electron chi connectivity index (χ3n) is 3.47. The first-order valence-corrected chi connectivity index (χ1v) is 7.08. The minimum atomic E-state index is -0.661. The minimum Gasteiger partial charge on any atom is -0.348 e. The summed E-state index contributed by atoms with van der Waals surface area (Å²) >= 11 is 3.31. The van der Waals surface area contributed by atoms with Gasteiger partial charge in [0.25, 0.3) is 11.7 Å². The van der Waals surface area contributed by atoms with Crippen LogP contribution in [0.1, 0.15) is 20.8 Å². The molecular formula is C15H11BrN2O3. The van der Waals surface area contributed by atoms with E-state index in [-0.39, 0.29) is 12.3 Å². The topological polar surface area (TPSA) is 59.4 Å². The lowest BCUT2D eigenvalue weighted by molar-refractivity contribution is -0.114. The van der Waals surface area contributed by atoms with Crippen molar-refractivity contribution in [3.8, 4) is 0 Å². The fourth-order valence-corrected chi connectivity index (χ4v) is 2.75. The van der Waals surface area contributed by atoms with Crippen molar-refractivity contribution in [3.05, 3.63) is 52.3 Å². The summed E-state index contributed by atoms with van der Waals surface area (Å²) in [5, 5.41) is 0. The van der Waals surface area contributed by atoms with Gasteiger partial charge in [-0.25, -0.2) is 0 Å². The summed E-state index contributed by atoms with van der Waals surface area (Å²) in [6.07, 6.45) is 1.76. The minimum absolute atomic E-state index is 0.147.